The number of esters is 1. The number of carbonyl (C=O) groups is 2. The lowest BCUT2D eigenvalue weighted by molar-refractivity contribution is -0.146. The van der Waals surface area contributed by atoms with E-state index in [9.17, 15) is 9.59 Å². The Morgan fingerprint density at radius 1 is 0.966 bits per heavy atom. The smallest absolute Gasteiger partial charge is 0.310 e. The fraction of sp³-hybridized carbons (Fsp3) is 0.440. The topological polar surface area (TPSA) is 55.4 Å². The number of anilines is 1. The highest BCUT2D eigenvalue weighted by atomic mass is 16.5. The first-order chi connectivity index (χ1) is 13.8. The van der Waals surface area contributed by atoms with Gasteiger partial charge in [0, 0.05) is 5.69 Å². The van der Waals surface area contributed by atoms with Gasteiger partial charge in [-0.15, -0.1) is 0 Å². The molecule has 0 saturated carbocycles. The zero-order chi connectivity index (χ0) is 21.0. The Morgan fingerprint density at radius 2 is 1.62 bits per heavy atom. The van der Waals surface area contributed by atoms with Gasteiger partial charge >= 0.3 is 5.97 Å². The van der Waals surface area contributed by atoms with Gasteiger partial charge < -0.3 is 10.1 Å². The van der Waals surface area contributed by atoms with Gasteiger partial charge in [-0.05, 0) is 58.9 Å². The van der Waals surface area contributed by atoms with E-state index >= 15 is 0 Å². The van der Waals surface area contributed by atoms with Crippen LogP contribution in [0.25, 0.3) is 0 Å². The van der Waals surface area contributed by atoms with Crippen molar-refractivity contribution in [3.8, 4) is 0 Å². The highest BCUT2D eigenvalue weighted by Crippen LogP contribution is 2.32. The first kappa shape index (κ1) is 21.1. The summed E-state index contributed by atoms with van der Waals surface area (Å²) in [7, 11) is 0. The molecule has 0 aromatic heterocycles. The monoisotopic (exact) mass is 393 g/mol. The molecule has 2 aromatic rings. The van der Waals surface area contributed by atoms with Crippen molar-refractivity contribution in [3.63, 3.8) is 0 Å². The molecule has 0 fully saturated rings. The highest BCUT2D eigenvalue weighted by molar-refractivity contribution is 5.94. The lowest BCUT2D eigenvalue weighted by Crippen LogP contribution is -2.23. The molecule has 0 spiro atoms. The second-order valence-electron chi connectivity index (χ2n) is 8.46. The molecule has 4 nitrogen and oxygen atoms in total. The van der Waals surface area contributed by atoms with Gasteiger partial charge in [0.1, 0.15) is 0 Å². The van der Waals surface area contributed by atoms with Gasteiger partial charge in [0.2, 0.25) is 0 Å². The van der Waals surface area contributed by atoms with E-state index < -0.39 is 0 Å². The zero-order valence-corrected chi connectivity index (χ0v) is 17.9. The van der Waals surface area contributed by atoms with Gasteiger partial charge in [-0.3, -0.25) is 9.59 Å². The first-order valence-corrected chi connectivity index (χ1v) is 10.5. The maximum Gasteiger partial charge on any atom is 0.310 e. The fourth-order valence-corrected chi connectivity index (χ4v) is 3.97. The summed E-state index contributed by atoms with van der Waals surface area (Å²) in [6.45, 7) is 8.14. The van der Waals surface area contributed by atoms with Crippen LogP contribution in [0.2, 0.25) is 0 Å². The summed E-state index contributed by atoms with van der Waals surface area (Å²) in [4.78, 5) is 24.7. The molecule has 0 aliphatic heterocycles. The van der Waals surface area contributed by atoms with Crippen LogP contribution in [-0.2, 0) is 33.6 Å². The van der Waals surface area contributed by atoms with E-state index in [-0.39, 0.29) is 36.7 Å². The van der Waals surface area contributed by atoms with Gasteiger partial charge in [-0.1, -0.05) is 64.1 Å². The molecule has 1 aliphatic carbocycles. The van der Waals surface area contributed by atoms with Crippen molar-refractivity contribution in [3.05, 3.63) is 64.2 Å². The van der Waals surface area contributed by atoms with Crippen LogP contribution >= 0.6 is 0 Å². The van der Waals surface area contributed by atoms with Gasteiger partial charge in [-0.25, -0.2) is 0 Å². The Kier molecular flexibility index (Phi) is 6.73. The van der Waals surface area contributed by atoms with Crippen LogP contribution in [0.4, 0.5) is 5.69 Å². The third kappa shape index (κ3) is 5.26. The van der Waals surface area contributed by atoms with Gasteiger partial charge in [0.25, 0.3) is 5.91 Å². The third-order valence-electron chi connectivity index (χ3n) is 5.51. The van der Waals surface area contributed by atoms with Crippen LogP contribution in [0, 0.1) is 0 Å². The minimum atomic E-state index is -0.376. The Labute approximate surface area is 173 Å². The minimum Gasteiger partial charge on any atom is -0.455 e. The summed E-state index contributed by atoms with van der Waals surface area (Å²) in [5.41, 5.74) is 6.69. The van der Waals surface area contributed by atoms with Crippen molar-refractivity contribution in [2.45, 2.75) is 65.2 Å². The molecule has 0 atom stereocenters. The predicted octanol–water partition coefficient (Wildman–Crippen LogP) is 5.15. The summed E-state index contributed by atoms with van der Waals surface area (Å²) in [6.07, 6.45) is 3.57. The van der Waals surface area contributed by atoms with E-state index in [1.165, 1.54) is 17.5 Å². The van der Waals surface area contributed by atoms with Crippen LogP contribution in [0.5, 0.6) is 0 Å². The molecule has 1 amide bonds. The lowest BCUT2D eigenvalue weighted by atomic mass is 9.92. The standard InChI is InChI=1S/C25H31NO3/c1-16(2)21-9-6-10-22(17(3)4)25(21)26-23(27)15-29-24(28)14-18-11-12-19-7-5-8-20(19)13-18/h6,9-13,16-17H,5,7-8,14-15H2,1-4H3,(H,26,27). The van der Waals surface area contributed by atoms with Crippen LogP contribution in [0.15, 0.2) is 36.4 Å². The van der Waals surface area contributed by atoms with Crippen molar-refractivity contribution < 1.29 is 14.3 Å². The Hall–Kier alpha value is -2.62. The number of para-hydroxylation sites is 1. The van der Waals surface area contributed by atoms with Crippen molar-refractivity contribution >= 4 is 17.6 Å². The normalized spacial score (nSPS) is 12.9. The number of ether oxygens (including phenoxy) is 1. The molecule has 3 rings (SSSR count). The molecular weight excluding hydrogens is 362 g/mol. The number of carbonyl (C=O) groups excluding carboxylic acids is 2. The van der Waals surface area contributed by atoms with Crippen molar-refractivity contribution in [2.24, 2.45) is 0 Å². The highest BCUT2D eigenvalue weighted by Gasteiger charge is 2.17. The summed E-state index contributed by atoms with van der Waals surface area (Å²) in [5, 5.41) is 2.98. The summed E-state index contributed by atoms with van der Waals surface area (Å²) < 4.78 is 5.25. The number of amides is 1. The van der Waals surface area contributed by atoms with Crippen LogP contribution < -0.4 is 5.32 Å². The molecule has 0 radical (unpaired) electrons. The summed E-state index contributed by atoms with van der Waals surface area (Å²) in [6, 6.07) is 12.3. The second-order valence-corrected chi connectivity index (χ2v) is 8.46. The second kappa shape index (κ2) is 9.25. The summed E-state index contributed by atoms with van der Waals surface area (Å²) >= 11 is 0. The average molecular weight is 394 g/mol. The van der Waals surface area contributed by atoms with E-state index in [4.69, 9.17) is 4.74 Å². The number of nitrogens with one attached hydrogen (secondary N) is 1. The number of hydrogen-bond acceptors (Lipinski definition) is 3. The number of benzene rings is 2. The number of fused-ring (bicyclic) bond motifs is 1. The Bertz CT molecular complexity index is 873. The van der Waals surface area contributed by atoms with E-state index in [0.29, 0.717) is 0 Å². The van der Waals surface area contributed by atoms with E-state index in [1.807, 2.05) is 24.3 Å². The average Bonchev–Trinajstić information content (AvgIpc) is 3.14. The van der Waals surface area contributed by atoms with Crippen molar-refractivity contribution in [2.75, 3.05) is 11.9 Å². The molecule has 1 aliphatic rings. The first-order valence-electron chi connectivity index (χ1n) is 10.5. The van der Waals surface area contributed by atoms with E-state index in [1.54, 1.807) is 0 Å². The van der Waals surface area contributed by atoms with Crippen LogP contribution in [0.3, 0.4) is 0 Å². The fourth-order valence-electron chi connectivity index (χ4n) is 3.97. The maximum atomic E-state index is 12.5. The number of aryl methyl sites for hydroxylation is 2. The molecule has 29 heavy (non-hydrogen) atoms. The lowest BCUT2D eigenvalue weighted by Gasteiger charge is -2.20. The molecule has 2 aromatic carbocycles. The van der Waals surface area contributed by atoms with Gasteiger partial charge in [0.15, 0.2) is 6.61 Å². The molecule has 0 bridgehead atoms. The van der Waals surface area contributed by atoms with Gasteiger partial charge in [0.05, 0.1) is 6.42 Å². The quantitative estimate of drug-likeness (QED) is 0.662. The van der Waals surface area contributed by atoms with Gasteiger partial charge in [-0.2, -0.15) is 0 Å². The van der Waals surface area contributed by atoms with Crippen LogP contribution in [-0.4, -0.2) is 18.5 Å². The molecule has 4 heteroatoms. The van der Waals surface area contributed by atoms with Crippen molar-refractivity contribution in [1.29, 1.82) is 0 Å². The zero-order valence-electron chi connectivity index (χ0n) is 17.9. The molecule has 0 saturated heterocycles. The molecule has 0 heterocycles. The van der Waals surface area contributed by atoms with Crippen molar-refractivity contribution in [1.82, 2.24) is 0 Å². The predicted molar refractivity (Wildman–Crippen MR) is 116 cm³/mol. The Balaban J connectivity index is 1.59. The number of hydrogen-bond donors (Lipinski definition) is 1. The molecule has 0 unspecified atom stereocenters. The Morgan fingerprint density at radius 3 is 2.28 bits per heavy atom. The molecular formula is C25H31NO3. The maximum absolute atomic E-state index is 12.5. The van der Waals surface area contributed by atoms with E-state index in [0.717, 1.165) is 35.2 Å². The third-order valence-corrected chi connectivity index (χ3v) is 5.51. The minimum absolute atomic E-state index is 0.195. The molecule has 1 N–H and O–H groups in total. The van der Waals surface area contributed by atoms with E-state index in [2.05, 4.69) is 45.1 Å². The SMILES string of the molecule is CC(C)c1cccc(C(C)C)c1NC(=O)COC(=O)Cc1ccc2c(c1)CCC2. The largest absolute Gasteiger partial charge is 0.455 e. The van der Waals surface area contributed by atoms with Crippen LogP contribution in [0.1, 0.15) is 73.8 Å². The molecule has 154 valence electrons. The number of rotatable bonds is 7. The summed E-state index contributed by atoms with van der Waals surface area (Å²) in [5.74, 6) is -0.112.